The summed E-state index contributed by atoms with van der Waals surface area (Å²) >= 11 is 0. The molecule has 0 spiro atoms. The molecule has 2 aromatic carbocycles. The SMILES string of the molecule is Cc1ccc(OCc2cccc(C(=O)NNC(=O)C34CC5CC(CC(C5)C3)C4)c2)cc1C. The summed E-state index contributed by atoms with van der Waals surface area (Å²) in [6.07, 6.45) is 6.80. The van der Waals surface area contributed by atoms with Gasteiger partial charge in [0.05, 0.1) is 5.41 Å². The minimum absolute atomic E-state index is 0.000760. The Morgan fingerprint density at radius 2 is 1.59 bits per heavy atom. The van der Waals surface area contributed by atoms with Crippen LogP contribution in [0.25, 0.3) is 0 Å². The molecule has 2 N–H and O–H groups in total. The molecule has 168 valence electrons. The van der Waals surface area contributed by atoms with Crippen molar-refractivity contribution in [1.29, 1.82) is 0 Å². The highest BCUT2D eigenvalue weighted by Crippen LogP contribution is 2.60. The predicted molar refractivity (Wildman–Crippen MR) is 123 cm³/mol. The molecule has 2 amide bonds. The third-order valence-electron chi connectivity index (χ3n) is 7.88. The molecule has 0 aromatic heterocycles. The number of rotatable bonds is 5. The lowest BCUT2D eigenvalue weighted by molar-refractivity contribution is -0.147. The summed E-state index contributed by atoms with van der Waals surface area (Å²) in [6.45, 7) is 4.51. The Bertz CT molecular complexity index is 1010. The van der Waals surface area contributed by atoms with Gasteiger partial charge in [-0.3, -0.25) is 20.4 Å². The Morgan fingerprint density at radius 3 is 2.25 bits per heavy atom. The zero-order valence-electron chi connectivity index (χ0n) is 18.9. The van der Waals surface area contributed by atoms with E-state index in [9.17, 15) is 9.59 Å². The van der Waals surface area contributed by atoms with Crippen molar-refractivity contribution in [1.82, 2.24) is 10.9 Å². The number of hydrogen-bond acceptors (Lipinski definition) is 3. The molecule has 0 heterocycles. The molecular formula is C27H32N2O3. The highest BCUT2D eigenvalue weighted by molar-refractivity contribution is 5.96. The molecule has 4 aliphatic rings. The van der Waals surface area contributed by atoms with Crippen LogP contribution in [0.1, 0.15) is 65.6 Å². The van der Waals surface area contributed by atoms with Crippen LogP contribution in [0.3, 0.4) is 0 Å². The molecule has 4 aliphatic carbocycles. The van der Waals surface area contributed by atoms with Gasteiger partial charge in [0.1, 0.15) is 12.4 Å². The first-order chi connectivity index (χ1) is 15.4. The molecule has 0 saturated heterocycles. The fraction of sp³-hybridized carbons (Fsp3) is 0.481. The van der Waals surface area contributed by atoms with E-state index in [0.29, 0.717) is 29.9 Å². The topological polar surface area (TPSA) is 67.4 Å². The number of aryl methyl sites for hydroxylation is 2. The van der Waals surface area contributed by atoms with E-state index < -0.39 is 0 Å². The van der Waals surface area contributed by atoms with E-state index in [4.69, 9.17) is 4.74 Å². The van der Waals surface area contributed by atoms with Crippen molar-refractivity contribution in [3.05, 3.63) is 64.7 Å². The fourth-order valence-electron chi connectivity index (χ4n) is 6.48. The molecule has 0 radical (unpaired) electrons. The Kier molecular flexibility index (Phi) is 5.44. The number of hydrazine groups is 1. The molecule has 0 unspecified atom stereocenters. The maximum atomic E-state index is 13.1. The van der Waals surface area contributed by atoms with Gasteiger partial charge in [0.15, 0.2) is 0 Å². The van der Waals surface area contributed by atoms with Gasteiger partial charge < -0.3 is 4.74 Å². The van der Waals surface area contributed by atoms with Crippen LogP contribution in [0, 0.1) is 37.0 Å². The van der Waals surface area contributed by atoms with Crippen molar-refractivity contribution in [2.45, 2.75) is 59.0 Å². The van der Waals surface area contributed by atoms with Crippen LogP contribution in [0.5, 0.6) is 5.75 Å². The van der Waals surface area contributed by atoms with E-state index in [0.717, 1.165) is 30.6 Å². The molecule has 4 fully saturated rings. The van der Waals surface area contributed by atoms with Crippen LogP contribution >= 0.6 is 0 Å². The Balaban J connectivity index is 1.18. The molecule has 6 rings (SSSR count). The Labute approximate surface area is 189 Å². The summed E-state index contributed by atoms with van der Waals surface area (Å²) in [4.78, 5) is 25.8. The first-order valence-electron chi connectivity index (χ1n) is 11.8. The van der Waals surface area contributed by atoms with Crippen molar-refractivity contribution >= 4 is 11.8 Å². The Morgan fingerprint density at radius 1 is 0.906 bits per heavy atom. The summed E-state index contributed by atoms with van der Waals surface area (Å²) in [5.74, 6) is 2.59. The number of carbonyl (C=O) groups excluding carboxylic acids is 2. The average Bonchev–Trinajstić information content (AvgIpc) is 2.77. The van der Waals surface area contributed by atoms with Crippen molar-refractivity contribution in [3.8, 4) is 5.75 Å². The smallest absolute Gasteiger partial charge is 0.269 e. The third-order valence-corrected chi connectivity index (χ3v) is 7.88. The lowest BCUT2D eigenvalue weighted by Crippen LogP contribution is -2.56. The summed E-state index contributed by atoms with van der Waals surface area (Å²) in [7, 11) is 0. The number of amides is 2. The number of benzene rings is 2. The number of carbonyl (C=O) groups is 2. The van der Waals surface area contributed by atoms with E-state index in [2.05, 4.69) is 24.7 Å². The van der Waals surface area contributed by atoms with Crippen LogP contribution in [0.2, 0.25) is 0 Å². The molecule has 5 nitrogen and oxygen atoms in total. The van der Waals surface area contributed by atoms with Crippen LogP contribution in [-0.4, -0.2) is 11.8 Å². The van der Waals surface area contributed by atoms with Gasteiger partial charge >= 0.3 is 0 Å². The van der Waals surface area contributed by atoms with Crippen LogP contribution in [-0.2, 0) is 11.4 Å². The molecule has 2 aromatic rings. The molecule has 0 atom stereocenters. The van der Waals surface area contributed by atoms with E-state index in [1.807, 2.05) is 36.4 Å². The molecule has 0 aliphatic heterocycles. The standard InChI is InChI=1S/C27H32N2O3/c1-17-6-7-24(8-18(17)2)32-16-19-4-3-5-23(12-19)25(30)28-29-26(31)27-13-20-9-21(14-27)11-22(10-20)15-27/h3-8,12,20-22H,9-11,13-16H2,1-2H3,(H,28,30)(H,29,31). The minimum Gasteiger partial charge on any atom is -0.489 e. The van der Waals surface area contributed by atoms with Crippen LogP contribution < -0.4 is 15.6 Å². The average molecular weight is 433 g/mol. The van der Waals surface area contributed by atoms with Gasteiger partial charge in [-0.05, 0) is 111 Å². The zero-order valence-corrected chi connectivity index (χ0v) is 18.9. The second-order valence-electron chi connectivity index (χ2n) is 10.3. The second kappa shape index (κ2) is 8.27. The van der Waals surface area contributed by atoms with E-state index in [-0.39, 0.29) is 17.2 Å². The summed E-state index contributed by atoms with van der Waals surface area (Å²) in [5, 5.41) is 0. The van der Waals surface area contributed by atoms with Crippen LogP contribution in [0.4, 0.5) is 0 Å². The van der Waals surface area contributed by atoms with E-state index in [1.54, 1.807) is 6.07 Å². The molecule has 5 heteroatoms. The number of nitrogens with one attached hydrogen (secondary N) is 2. The van der Waals surface area contributed by atoms with Crippen molar-refractivity contribution in [2.75, 3.05) is 0 Å². The largest absolute Gasteiger partial charge is 0.489 e. The van der Waals surface area contributed by atoms with Gasteiger partial charge in [0.2, 0.25) is 5.91 Å². The summed E-state index contributed by atoms with van der Waals surface area (Å²) in [6, 6.07) is 13.4. The normalized spacial score (nSPS) is 27.8. The molecule has 4 bridgehead atoms. The van der Waals surface area contributed by atoms with Gasteiger partial charge in [0.25, 0.3) is 5.91 Å². The number of hydrogen-bond donors (Lipinski definition) is 2. The first kappa shape index (κ1) is 21.0. The van der Waals surface area contributed by atoms with Gasteiger partial charge in [-0.1, -0.05) is 18.2 Å². The fourth-order valence-corrected chi connectivity index (χ4v) is 6.48. The third kappa shape index (κ3) is 4.13. The minimum atomic E-state index is -0.295. The Hall–Kier alpha value is -2.82. The molecular weight excluding hydrogens is 400 g/mol. The number of ether oxygens (including phenoxy) is 1. The maximum Gasteiger partial charge on any atom is 0.269 e. The quantitative estimate of drug-likeness (QED) is 0.663. The van der Waals surface area contributed by atoms with Crippen molar-refractivity contribution in [2.24, 2.45) is 23.2 Å². The molecule has 32 heavy (non-hydrogen) atoms. The van der Waals surface area contributed by atoms with E-state index in [1.165, 1.54) is 30.4 Å². The lowest BCUT2D eigenvalue weighted by atomic mass is 9.49. The zero-order chi connectivity index (χ0) is 22.3. The highest BCUT2D eigenvalue weighted by Gasteiger charge is 2.54. The van der Waals surface area contributed by atoms with Crippen LogP contribution in [0.15, 0.2) is 42.5 Å². The highest BCUT2D eigenvalue weighted by atomic mass is 16.5. The van der Waals surface area contributed by atoms with Gasteiger partial charge in [-0.15, -0.1) is 0 Å². The second-order valence-corrected chi connectivity index (χ2v) is 10.3. The summed E-state index contributed by atoms with van der Waals surface area (Å²) < 4.78 is 5.90. The predicted octanol–water partition coefficient (Wildman–Crippen LogP) is 4.86. The first-order valence-corrected chi connectivity index (χ1v) is 11.8. The maximum absolute atomic E-state index is 13.1. The molecule has 4 saturated carbocycles. The van der Waals surface area contributed by atoms with E-state index >= 15 is 0 Å². The van der Waals surface area contributed by atoms with Gasteiger partial charge in [-0.25, -0.2) is 0 Å². The van der Waals surface area contributed by atoms with Gasteiger partial charge in [0, 0.05) is 5.56 Å². The summed E-state index contributed by atoms with van der Waals surface area (Å²) in [5.41, 5.74) is 8.97. The lowest BCUT2D eigenvalue weighted by Gasteiger charge is -2.55. The van der Waals surface area contributed by atoms with Gasteiger partial charge in [-0.2, -0.15) is 0 Å². The van der Waals surface area contributed by atoms with Crippen molar-refractivity contribution < 1.29 is 14.3 Å². The monoisotopic (exact) mass is 432 g/mol. The van der Waals surface area contributed by atoms with Crippen molar-refractivity contribution in [3.63, 3.8) is 0 Å².